The SMILES string of the molecule is O=C(NCCc1noc(C2CCC2)n1)c1ccc(F)c(O)c1. The molecule has 0 bridgehead atoms. The van der Waals surface area contributed by atoms with Crippen LogP contribution in [0.15, 0.2) is 22.7 Å². The Kier molecular flexibility index (Phi) is 4.04. The fourth-order valence-corrected chi connectivity index (χ4v) is 2.23. The van der Waals surface area contributed by atoms with Crippen LogP contribution in [-0.2, 0) is 6.42 Å². The lowest BCUT2D eigenvalue weighted by atomic mass is 9.85. The van der Waals surface area contributed by atoms with E-state index in [1.165, 1.54) is 12.5 Å². The molecule has 116 valence electrons. The van der Waals surface area contributed by atoms with E-state index in [4.69, 9.17) is 4.52 Å². The van der Waals surface area contributed by atoms with Gasteiger partial charge in [0.1, 0.15) is 0 Å². The highest BCUT2D eigenvalue weighted by Gasteiger charge is 2.25. The number of phenolic OH excluding ortho intramolecular Hbond substituents is 1. The van der Waals surface area contributed by atoms with Gasteiger partial charge in [0.15, 0.2) is 17.4 Å². The largest absolute Gasteiger partial charge is 0.505 e. The zero-order valence-electron chi connectivity index (χ0n) is 11.9. The first-order valence-corrected chi connectivity index (χ1v) is 7.22. The minimum atomic E-state index is -0.758. The Labute approximate surface area is 126 Å². The number of aromatic nitrogens is 2. The van der Waals surface area contributed by atoms with Crippen LogP contribution < -0.4 is 5.32 Å². The van der Waals surface area contributed by atoms with Gasteiger partial charge in [-0.05, 0) is 31.0 Å². The zero-order valence-corrected chi connectivity index (χ0v) is 11.9. The number of carbonyl (C=O) groups is 1. The van der Waals surface area contributed by atoms with E-state index >= 15 is 0 Å². The Morgan fingerprint density at radius 3 is 2.95 bits per heavy atom. The van der Waals surface area contributed by atoms with Crippen LogP contribution in [-0.4, -0.2) is 27.7 Å². The third kappa shape index (κ3) is 3.08. The highest BCUT2D eigenvalue weighted by molar-refractivity contribution is 5.94. The number of aromatic hydroxyl groups is 1. The first-order valence-electron chi connectivity index (χ1n) is 7.22. The molecule has 3 rings (SSSR count). The van der Waals surface area contributed by atoms with Crippen LogP contribution in [0.3, 0.4) is 0 Å². The molecule has 1 aliphatic carbocycles. The van der Waals surface area contributed by atoms with Gasteiger partial charge in [0, 0.05) is 24.4 Å². The lowest BCUT2D eigenvalue weighted by molar-refractivity contribution is 0.0953. The number of nitrogens with zero attached hydrogens (tertiary/aromatic N) is 2. The molecule has 1 aliphatic rings. The van der Waals surface area contributed by atoms with Crippen LogP contribution in [0.25, 0.3) is 0 Å². The van der Waals surface area contributed by atoms with Crippen molar-refractivity contribution in [3.05, 3.63) is 41.3 Å². The maximum absolute atomic E-state index is 12.9. The van der Waals surface area contributed by atoms with Gasteiger partial charge in [0.05, 0.1) is 0 Å². The van der Waals surface area contributed by atoms with Crippen molar-refractivity contribution in [3.63, 3.8) is 0 Å². The van der Waals surface area contributed by atoms with E-state index in [1.54, 1.807) is 0 Å². The maximum atomic E-state index is 12.9. The molecule has 2 aromatic rings. The second-order valence-corrected chi connectivity index (χ2v) is 5.35. The third-order valence-electron chi connectivity index (χ3n) is 3.78. The van der Waals surface area contributed by atoms with Crippen LogP contribution in [0.2, 0.25) is 0 Å². The van der Waals surface area contributed by atoms with Crippen molar-refractivity contribution in [3.8, 4) is 5.75 Å². The van der Waals surface area contributed by atoms with E-state index in [-0.39, 0.29) is 5.56 Å². The lowest BCUT2D eigenvalue weighted by Crippen LogP contribution is -2.26. The molecule has 1 amide bonds. The number of hydrogen-bond donors (Lipinski definition) is 2. The Hall–Kier alpha value is -2.44. The Bertz CT molecular complexity index is 682. The molecule has 6 nitrogen and oxygen atoms in total. The molecule has 0 radical (unpaired) electrons. The van der Waals surface area contributed by atoms with Crippen LogP contribution in [0.5, 0.6) is 5.75 Å². The number of halogens is 1. The van der Waals surface area contributed by atoms with E-state index in [0.717, 1.165) is 25.0 Å². The van der Waals surface area contributed by atoms with E-state index < -0.39 is 17.5 Å². The van der Waals surface area contributed by atoms with E-state index in [9.17, 15) is 14.3 Å². The quantitative estimate of drug-likeness (QED) is 0.883. The summed E-state index contributed by atoms with van der Waals surface area (Å²) in [6.45, 7) is 0.334. The summed E-state index contributed by atoms with van der Waals surface area (Å²) < 4.78 is 18.1. The molecule has 0 saturated heterocycles. The van der Waals surface area contributed by atoms with Gasteiger partial charge >= 0.3 is 0 Å². The number of phenols is 1. The lowest BCUT2D eigenvalue weighted by Gasteiger charge is -2.20. The first-order chi connectivity index (χ1) is 10.6. The number of benzene rings is 1. The number of amides is 1. The zero-order chi connectivity index (χ0) is 15.5. The fraction of sp³-hybridized carbons (Fsp3) is 0.400. The molecule has 1 aromatic heterocycles. The van der Waals surface area contributed by atoms with E-state index in [0.29, 0.717) is 30.6 Å². The predicted molar refractivity (Wildman–Crippen MR) is 75.0 cm³/mol. The molecule has 0 atom stereocenters. The summed E-state index contributed by atoms with van der Waals surface area (Å²) in [6, 6.07) is 3.45. The highest BCUT2D eigenvalue weighted by atomic mass is 19.1. The summed E-state index contributed by atoms with van der Waals surface area (Å²) >= 11 is 0. The number of rotatable bonds is 5. The summed E-state index contributed by atoms with van der Waals surface area (Å²) in [5, 5.41) is 15.8. The molecular formula is C15H16FN3O3. The molecular weight excluding hydrogens is 289 g/mol. The van der Waals surface area contributed by atoms with E-state index in [2.05, 4.69) is 15.5 Å². The van der Waals surface area contributed by atoms with Gasteiger partial charge in [-0.1, -0.05) is 11.6 Å². The van der Waals surface area contributed by atoms with Crippen molar-refractivity contribution in [2.45, 2.75) is 31.6 Å². The normalized spacial score (nSPS) is 14.6. The molecule has 22 heavy (non-hydrogen) atoms. The standard InChI is InChI=1S/C15H16FN3O3/c16-11-5-4-10(8-12(11)20)14(21)17-7-6-13-18-15(22-19-13)9-2-1-3-9/h4-5,8-9,20H,1-3,6-7H2,(H,17,21). The minimum Gasteiger partial charge on any atom is -0.505 e. The molecule has 0 unspecified atom stereocenters. The summed E-state index contributed by atoms with van der Waals surface area (Å²) in [4.78, 5) is 16.2. The van der Waals surface area contributed by atoms with Gasteiger partial charge < -0.3 is 14.9 Å². The summed E-state index contributed by atoms with van der Waals surface area (Å²) in [7, 11) is 0. The van der Waals surface area contributed by atoms with Crippen molar-refractivity contribution in [2.75, 3.05) is 6.54 Å². The van der Waals surface area contributed by atoms with Gasteiger partial charge in [-0.25, -0.2) is 4.39 Å². The van der Waals surface area contributed by atoms with Crippen molar-refractivity contribution in [1.29, 1.82) is 0 Å². The number of carbonyl (C=O) groups excluding carboxylic acids is 1. The second-order valence-electron chi connectivity index (χ2n) is 5.35. The number of nitrogens with one attached hydrogen (secondary N) is 1. The highest BCUT2D eigenvalue weighted by Crippen LogP contribution is 2.35. The van der Waals surface area contributed by atoms with Gasteiger partial charge in [-0.2, -0.15) is 4.98 Å². The van der Waals surface area contributed by atoms with Crippen LogP contribution >= 0.6 is 0 Å². The Balaban J connectivity index is 1.50. The predicted octanol–water partition coefficient (Wildman–Crippen LogP) is 2.15. The summed E-state index contributed by atoms with van der Waals surface area (Å²) in [5.74, 6) is -0.0703. The smallest absolute Gasteiger partial charge is 0.251 e. The minimum absolute atomic E-state index is 0.196. The van der Waals surface area contributed by atoms with Gasteiger partial charge in [-0.3, -0.25) is 4.79 Å². The van der Waals surface area contributed by atoms with Crippen molar-refractivity contribution in [2.24, 2.45) is 0 Å². The van der Waals surface area contributed by atoms with E-state index in [1.807, 2.05) is 0 Å². The number of hydrogen-bond acceptors (Lipinski definition) is 5. The monoisotopic (exact) mass is 305 g/mol. The van der Waals surface area contributed by atoms with Crippen LogP contribution in [0, 0.1) is 5.82 Å². The molecule has 2 N–H and O–H groups in total. The van der Waals surface area contributed by atoms with Crippen LogP contribution in [0.4, 0.5) is 4.39 Å². The van der Waals surface area contributed by atoms with Gasteiger partial charge in [0.2, 0.25) is 5.89 Å². The molecule has 1 fully saturated rings. The molecule has 1 heterocycles. The van der Waals surface area contributed by atoms with Gasteiger partial charge in [-0.15, -0.1) is 0 Å². The molecule has 1 aromatic carbocycles. The fourth-order valence-electron chi connectivity index (χ4n) is 2.23. The van der Waals surface area contributed by atoms with Crippen molar-refractivity contribution in [1.82, 2.24) is 15.5 Å². The second kappa shape index (κ2) is 6.13. The summed E-state index contributed by atoms with van der Waals surface area (Å²) in [6.07, 6.45) is 3.83. The average molecular weight is 305 g/mol. The maximum Gasteiger partial charge on any atom is 0.251 e. The molecule has 0 aliphatic heterocycles. The van der Waals surface area contributed by atoms with Crippen molar-refractivity contribution < 1.29 is 18.8 Å². The average Bonchev–Trinajstić information content (AvgIpc) is 2.88. The molecule has 0 spiro atoms. The Morgan fingerprint density at radius 2 is 2.27 bits per heavy atom. The van der Waals surface area contributed by atoms with Crippen LogP contribution in [0.1, 0.15) is 47.3 Å². The molecule has 1 saturated carbocycles. The third-order valence-corrected chi connectivity index (χ3v) is 3.78. The summed E-state index contributed by atoms with van der Waals surface area (Å²) in [5.41, 5.74) is 0.196. The topological polar surface area (TPSA) is 88.3 Å². The van der Waals surface area contributed by atoms with Crippen molar-refractivity contribution >= 4 is 5.91 Å². The first kappa shape index (κ1) is 14.5. The van der Waals surface area contributed by atoms with Gasteiger partial charge in [0.25, 0.3) is 5.91 Å². The Morgan fingerprint density at radius 1 is 1.45 bits per heavy atom. The molecule has 7 heteroatoms.